The van der Waals surface area contributed by atoms with Gasteiger partial charge in [-0.3, -0.25) is 14.4 Å². The number of fused-ring (bicyclic) bond motifs is 2. The summed E-state index contributed by atoms with van der Waals surface area (Å²) in [5.74, 6) is -1.34. The van der Waals surface area contributed by atoms with Crippen LogP contribution in [0.15, 0.2) is 0 Å². The molecule has 2 bridgehead atoms. The highest BCUT2D eigenvalue weighted by Crippen LogP contribution is 2.43. The van der Waals surface area contributed by atoms with E-state index < -0.39 is 5.97 Å². The first-order valence-corrected chi connectivity index (χ1v) is 8.66. The van der Waals surface area contributed by atoms with Crippen molar-refractivity contribution >= 4 is 17.7 Å². The standard InChI is InChI=1S/C17H27NO5/c1-11(19)15-12-8-9-13(23-12)16(15)17(22)18-10-6-4-2-3-5-7-14(20)21/h12-13,15-16H,2-10H2,1H3,(H,18,22)(H,20,21)/t12-,13+,15?,16?/m0/s1. The number of carboxylic acids is 1. The molecule has 0 aromatic rings. The summed E-state index contributed by atoms with van der Waals surface area (Å²) < 4.78 is 5.74. The second-order valence-corrected chi connectivity index (χ2v) is 6.66. The van der Waals surface area contributed by atoms with Gasteiger partial charge in [0.15, 0.2) is 0 Å². The summed E-state index contributed by atoms with van der Waals surface area (Å²) in [6.45, 7) is 2.16. The van der Waals surface area contributed by atoms with Gasteiger partial charge in [0.1, 0.15) is 5.78 Å². The molecule has 0 aromatic carbocycles. The zero-order valence-electron chi connectivity index (χ0n) is 13.8. The third-order valence-corrected chi connectivity index (χ3v) is 4.91. The summed E-state index contributed by atoms with van der Waals surface area (Å²) in [7, 11) is 0. The second kappa shape index (κ2) is 8.43. The van der Waals surface area contributed by atoms with Crippen molar-refractivity contribution in [1.29, 1.82) is 0 Å². The van der Waals surface area contributed by atoms with Crippen LogP contribution in [0.25, 0.3) is 0 Å². The molecule has 23 heavy (non-hydrogen) atoms. The number of Topliss-reactive ketones (excluding diaryl/α,β-unsaturated/α-hetero) is 1. The number of hydrogen-bond acceptors (Lipinski definition) is 4. The van der Waals surface area contributed by atoms with Crippen LogP contribution in [0.3, 0.4) is 0 Å². The van der Waals surface area contributed by atoms with Crippen LogP contribution in [0.1, 0.15) is 58.3 Å². The lowest BCUT2D eigenvalue weighted by Crippen LogP contribution is -2.43. The largest absolute Gasteiger partial charge is 0.481 e. The molecule has 2 rings (SSSR count). The number of hydrogen-bond donors (Lipinski definition) is 2. The van der Waals surface area contributed by atoms with Gasteiger partial charge in [-0.25, -0.2) is 0 Å². The van der Waals surface area contributed by atoms with Gasteiger partial charge < -0.3 is 15.2 Å². The average molecular weight is 325 g/mol. The normalized spacial score (nSPS) is 28.7. The summed E-state index contributed by atoms with van der Waals surface area (Å²) in [5.41, 5.74) is 0. The van der Waals surface area contributed by atoms with E-state index >= 15 is 0 Å². The van der Waals surface area contributed by atoms with E-state index in [2.05, 4.69) is 5.32 Å². The third kappa shape index (κ3) is 4.77. The van der Waals surface area contributed by atoms with Crippen LogP contribution >= 0.6 is 0 Å². The number of ketones is 1. The molecule has 2 aliphatic heterocycles. The van der Waals surface area contributed by atoms with E-state index in [4.69, 9.17) is 9.84 Å². The highest BCUT2D eigenvalue weighted by atomic mass is 16.5. The lowest BCUT2D eigenvalue weighted by atomic mass is 9.77. The van der Waals surface area contributed by atoms with Crippen molar-refractivity contribution in [3.8, 4) is 0 Å². The van der Waals surface area contributed by atoms with Crippen molar-refractivity contribution in [3.63, 3.8) is 0 Å². The number of nitrogens with one attached hydrogen (secondary N) is 1. The summed E-state index contributed by atoms with van der Waals surface area (Å²) in [5, 5.41) is 11.5. The quantitative estimate of drug-likeness (QED) is 0.599. The molecule has 0 aromatic heterocycles. The minimum absolute atomic E-state index is 0.0516. The smallest absolute Gasteiger partial charge is 0.303 e. The lowest BCUT2D eigenvalue weighted by Gasteiger charge is -2.25. The van der Waals surface area contributed by atoms with Crippen LogP contribution in [-0.4, -0.2) is 41.5 Å². The van der Waals surface area contributed by atoms with Crippen LogP contribution < -0.4 is 5.32 Å². The Labute approximate surface area is 137 Å². The lowest BCUT2D eigenvalue weighted by molar-refractivity contribution is -0.137. The molecule has 2 N–H and O–H groups in total. The minimum atomic E-state index is -0.745. The molecule has 0 saturated carbocycles. The predicted octanol–water partition coefficient (Wildman–Crippen LogP) is 1.91. The van der Waals surface area contributed by atoms with Crippen LogP contribution in [0.2, 0.25) is 0 Å². The van der Waals surface area contributed by atoms with Gasteiger partial charge in [0, 0.05) is 13.0 Å². The Morgan fingerprint density at radius 1 is 1.00 bits per heavy atom. The number of carbonyl (C=O) groups excluding carboxylic acids is 2. The maximum Gasteiger partial charge on any atom is 0.303 e. The number of aliphatic carboxylic acids is 1. The van der Waals surface area contributed by atoms with Gasteiger partial charge >= 0.3 is 5.97 Å². The molecule has 2 aliphatic rings. The van der Waals surface area contributed by atoms with Crippen molar-refractivity contribution < 1.29 is 24.2 Å². The van der Waals surface area contributed by atoms with Crippen molar-refractivity contribution in [2.24, 2.45) is 11.8 Å². The Morgan fingerprint density at radius 3 is 2.26 bits per heavy atom. The molecule has 0 aliphatic carbocycles. The molecule has 2 unspecified atom stereocenters. The van der Waals surface area contributed by atoms with Gasteiger partial charge in [0.2, 0.25) is 5.91 Å². The van der Waals surface area contributed by atoms with Crippen molar-refractivity contribution in [2.75, 3.05) is 6.54 Å². The number of rotatable bonds is 10. The Kier molecular flexibility index (Phi) is 6.57. The summed E-state index contributed by atoms with van der Waals surface area (Å²) in [6.07, 6.45) is 6.29. The molecule has 1 amide bonds. The third-order valence-electron chi connectivity index (χ3n) is 4.91. The first kappa shape index (κ1) is 17.9. The fourth-order valence-electron chi connectivity index (χ4n) is 3.79. The fourth-order valence-corrected chi connectivity index (χ4v) is 3.79. The summed E-state index contributed by atoms with van der Waals surface area (Å²) >= 11 is 0. The Balaban J connectivity index is 1.61. The van der Waals surface area contributed by atoms with Crippen LogP contribution in [0.4, 0.5) is 0 Å². The summed E-state index contributed by atoms with van der Waals surface area (Å²) in [6, 6.07) is 0. The molecule has 2 heterocycles. The van der Waals surface area contributed by atoms with Crippen molar-refractivity contribution in [3.05, 3.63) is 0 Å². The molecule has 6 nitrogen and oxygen atoms in total. The first-order valence-electron chi connectivity index (χ1n) is 8.66. The minimum Gasteiger partial charge on any atom is -0.481 e. The average Bonchev–Trinajstić information content (AvgIpc) is 3.10. The van der Waals surface area contributed by atoms with Gasteiger partial charge in [-0.1, -0.05) is 19.3 Å². The van der Waals surface area contributed by atoms with Gasteiger partial charge in [0.25, 0.3) is 0 Å². The van der Waals surface area contributed by atoms with Gasteiger partial charge in [0.05, 0.1) is 24.0 Å². The first-order chi connectivity index (χ1) is 11.0. The van der Waals surface area contributed by atoms with Crippen molar-refractivity contribution in [2.45, 2.75) is 70.5 Å². The molecular formula is C17H27NO5. The Bertz CT molecular complexity index is 450. The van der Waals surface area contributed by atoms with E-state index in [1.807, 2.05) is 0 Å². The van der Waals surface area contributed by atoms with Crippen LogP contribution in [0, 0.1) is 11.8 Å². The topological polar surface area (TPSA) is 92.7 Å². The molecule has 0 spiro atoms. The SMILES string of the molecule is CC(=O)C1C(C(=O)NCCCCCCCC(=O)O)[C@H]2CC[C@@H]1O2. The highest BCUT2D eigenvalue weighted by Gasteiger charge is 2.53. The van der Waals surface area contributed by atoms with E-state index in [1.54, 1.807) is 6.92 Å². The van der Waals surface area contributed by atoms with E-state index in [9.17, 15) is 14.4 Å². The zero-order valence-corrected chi connectivity index (χ0v) is 13.8. The van der Waals surface area contributed by atoms with Crippen LogP contribution in [0.5, 0.6) is 0 Å². The number of carbonyl (C=O) groups is 3. The monoisotopic (exact) mass is 325 g/mol. The number of unbranched alkanes of at least 4 members (excludes halogenated alkanes) is 4. The molecule has 2 fully saturated rings. The number of ether oxygens (including phenoxy) is 1. The van der Waals surface area contributed by atoms with Gasteiger partial charge in [-0.2, -0.15) is 0 Å². The number of carboxylic acid groups (broad SMARTS) is 1. The molecule has 130 valence electrons. The maximum absolute atomic E-state index is 12.4. The summed E-state index contributed by atoms with van der Waals surface area (Å²) in [4.78, 5) is 34.5. The Hall–Kier alpha value is -1.43. The molecule has 6 heteroatoms. The molecule has 2 saturated heterocycles. The van der Waals surface area contributed by atoms with Gasteiger partial charge in [-0.15, -0.1) is 0 Å². The van der Waals surface area contributed by atoms with Crippen LogP contribution in [-0.2, 0) is 19.1 Å². The molecular weight excluding hydrogens is 298 g/mol. The maximum atomic E-state index is 12.4. The number of amides is 1. The highest BCUT2D eigenvalue weighted by molar-refractivity contribution is 5.89. The second-order valence-electron chi connectivity index (χ2n) is 6.66. The van der Waals surface area contributed by atoms with E-state index in [-0.39, 0.29) is 42.2 Å². The van der Waals surface area contributed by atoms with E-state index in [1.165, 1.54) is 0 Å². The predicted molar refractivity (Wildman–Crippen MR) is 83.9 cm³/mol. The molecule has 0 radical (unpaired) electrons. The fraction of sp³-hybridized carbons (Fsp3) is 0.824. The molecule has 4 atom stereocenters. The van der Waals surface area contributed by atoms with Crippen molar-refractivity contribution in [1.82, 2.24) is 5.32 Å². The van der Waals surface area contributed by atoms with Gasteiger partial charge in [-0.05, 0) is 32.6 Å². The van der Waals surface area contributed by atoms with E-state index in [0.29, 0.717) is 13.0 Å². The Morgan fingerprint density at radius 2 is 1.61 bits per heavy atom. The van der Waals surface area contributed by atoms with E-state index in [0.717, 1.165) is 38.5 Å². The zero-order chi connectivity index (χ0) is 16.8.